The number of carbonyl (C=O) groups is 1. The number of hydrogen-bond acceptors (Lipinski definition) is 3. The molecular formula is C15H17N3O2. The first-order valence-electron chi connectivity index (χ1n) is 6.74. The summed E-state index contributed by atoms with van der Waals surface area (Å²) >= 11 is 0. The molecule has 1 aliphatic rings. The molecule has 5 heteroatoms. The van der Waals surface area contributed by atoms with E-state index >= 15 is 0 Å². The average molecular weight is 271 g/mol. The van der Waals surface area contributed by atoms with Crippen LogP contribution in [0.15, 0.2) is 24.3 Å². The van der Waals surface area contributed by atoms with E-state index in [0.717, 1.165) is 30.5 Å². The molecule has 0 saturated carbocycles. The van der Waals surface area contributed by atoms with Crippen LogP contribution in [0.3, 0.4) is 0 Å². The van der Waals surface area contributed by atoms with Crippen LogP contribution in [0.4, 0.5) is 0 Å². The van der Waals surface area contributed by atoms with Gasteiger partial charge in [0.05, 0.1) is 5.69 Å². The number of aryl methyl sites for hydroxylation is 1. The van der Waals surface area contributed by atoms with Crippen molar-refractivity contribution in [1.82, 2.24) is 9.55 Å². The molecule has 0 spiro atoms. The standard InChI is InChI=1S/C15H17N3O2/c1-9-4-6-10(7-5-9)14-17-12(15(19)20)13-11(16)3-2-8-18(13)14/h4-7,11H,2-3,8,16H2,1H3,(H,19,20). The number of imidazole rings is 1. The van der Waals surface area contributed by atoms with Crippen molar-refractivity contribution in [2.45, 2.75) is 32.4 Å². The summed E-state index contributed by atoms with van der Waals surface area (Å²) in [4.78, 5) is 15.7. The first-order valence-corrected chi connectivity index (χ1v) is 6.74. The van der Waals surface area contributed by atoms with Gasteiger partial charge in [-0.2, -0.15) is 0 Å². The van der Waals surface area contributed by atoms with E-state index in [1.807, 2.05) is 35.8 Å². The summed E-state index contributed by atoms with van der Waals surface area (Å²) in [5.41, 5.74) is 8.91. The molecule has 0 amide bonds. The molecule has 0 bridgehead atoms. The predicted octanol–water partition coefficient (Wildman–Crippen LogP) is 2.35. The van der Waals surface area contributed by atoms with E-state index in [2.05, 4.69) is 4.98 Å². The second-order valence-corrected chi connectivity index (χ2v) is 5.24. The van der Waals surface area contributed by atoms with Crippen LogP contribution in [0.5, 0.6) is 0 Å². The lowest BCUT2D eigenvalue weighted by Crippen LogP contribution is -2.23. The molecule has 3 N–H and O–H groups in total. The number of aromatic nitrogens is 2. The number of fused-ring (bicyclic) bond motifs is 1. The summed E-state index contributed by atoms with van der Waals surface area (Å²) in [5.74, 6) is -0.308. The molecule has 1 aromatic heterocycles. The van der Waals surface area contributed by atoms with Gasteiger partial charge < -0.3 is 15.4 Å². The van der Waals surface area contributed by atoms with Gasteiger partial charge in [0.2, 0.25) is 0 Å². The van der Waals surface area contributed by atoms with Crippen LogP contribution in [0.1, 0.15) is 40.6 Å². The molecule has 2 heterocycles. The zero-order valence-electron chi connectivity index (χ0n) is 11.3. The minimum absolute atomic E-state index is 0.0905. The van der Waals surface area contributed by atoms with Crippen molar-refractivity contribution in [3.05, 3.63) is 41.2 Å². The van der Waals surface area contributed by atoms with E-state index in [9.17, 15) is 9.90 Å². The van der Waals surface area contributed by atoms with E-state index in [1.165, 1.54) is 0 Å². The van der Waals surface area contributed by atoms with Gasteiger partial charge in [0.15, 0.2) is 5.69 Å². The van der Waals surface area contributed by atoms with E-state index in [1.54, 1.807) is 0 Å². The molecule has 0 fully saturated rings. The molecule has 0 radical (unpaired) electrons. The third kappa shape index (κ3) is 2.00. The topological polar surface area (TPSA) is 81.1 Å². The minimum atomic E-state index is -1.01. The van der Waals surface area contributed by atoms with Crippen molar-refractivity contribution < 1.29 is 9.90 Å². The normalized spacial score (nSPS) is 17.8. The quantitative estimate of drug-likeness (QED) is 0.878. The van der Waals surface area contributed by atoms with Gasteiger partial charge in [-0.15, -0.1) is 0 Å². The van der Waals surface area contributed by atoms with Crippen LogP contribution < -0.4 is 5.73 Å². The van der Waals surface area contributed by atoms with Gasteiger partial charge in [0.25, 0.3) is 0 Å². The number of carboxylic acid groups (broad SMARTS) is 1. The lowest BCUT2D eigenvalue weighted by atomic mass is 10.0. The maximum atomic E-state index is 11.4. The molecule has 2 aromatic rings. The summed E-state index contributed by atoms with van der Waals surface area (Å²) in [5, 5.41) is 9.33. The van der Waals surface area contributed by atoms with Gasteiger partial charge in [0, 0.05) is 18.2 Å². The second kappa shape index (κ2) is 4.76. The minimum Gasteiger partial charge on any atom is -0.476 e. The van der Waals surface area contributed by atoms with Crippen molar-refractivity contribution in [3.63, 3.8) is 0 Å². The summed E-state index contributed by atoms with van der Waals surface area (Å²) in [6.07, 6.45) is 1.75. The number of nitrogens with two attached hydrogens (primary N) is 1. The Morgan fingerprint density at radius 3 is 2.75 bits per heavy atom. The fraction of sp³-hybridized carbons (Fsp3) is 0.333. The van der Waals surface area contributed by atoms with Gasteiger partial charge in [-0.1, -0.05) is 29.8 Å². The number of carboxylic acids is 1. The Bertz CT molecular complexity index is 659. The molecule has 1 atom stereocenters. The van der Waals surface area contributed by atoms with E-state index in [4.69, 9.17) is 5.73 Å². The Morgan fingerprint density at radius 2 is 2.10 bits per heavy atom. The Labute approximate surface area is 117 Å². The number of nitrogens with zero attached hydrogens (tertiary/aromatic N) is 2. The van der Waals surface area contributed by atoms with Gasteiger partial charge >= 0.3 is 5.97 Å². The first kappa shape index (κ1) is 12.9. The van der Waals surface area contributed by atoms with Crippen LogP contribution in [0, 0.1) is 6.92 Å². The maximum Gasteiger partial charge on any atom is 0.356 e. The van der Waals surface area contributed by atoms with Gasteiger partial charge in [-0.25, -0.2) is 9.78 Å². The SMILES string of the molecule is Cc1ccc(-c2nc(C(=O)O)c3n2CCCC3N)cc1. The Hall–Kier alpha value is -2.14. The molecule has 104 valence electrons. The maximum absolute atomic E-state index is 11.4. The third-order valence-electron chi connectivity index (χ3n) is 3.77. The molecule has 20 heavy (non-hydrogen) atoms. The highest BCUT2D eigenvalue weighted by Crippen LogP contribution is 2.32. The summed E-state index contributed by atoms with van der Waals surface area (Å²) in [6, 6.07) is 7.69. The fourth-order valence-electron chi connectivity index (χ4n) is 2.75. The Kier molecular flexibility index (Phi) is 3.06. The zero-order chi connectivity index (χ0) is 14.3. The Morgan fingerprint density at radius 1 is 1.40 bits per heavy atom. The predicted molar refractivity (Wildman–Crippen MR) is 75.5 cm³/mol. The molecular weight excluding hydrogens is 254 g/mol. The van der Waals surface area contributed by atoms with Crippen LogP contribution in [0.25, 0.3) is 11.4 Å². The summed E-state index contributed by atoms with van der Waals surface area (Å²) in [7, 11) is 0. The van der Waals surface area contributed by atoms with Gasteiger partial charge in [-0.05, 0) is 19.8 Å². The second-order valence-electron chi connectivity index (χ2n) is 5.24. The average Bonchev–Trinajstić information content (AvgIpc) is 2.81. The molecule has 1 aromatic carbocycles. The van der Waals surface area contributed by atoms with E-state index < -0.39 is 5.97 Å². The van der Waals surface area contributed by atoms with Gasteiger partial charge in [-0.3, -0.25) is 0 Å². The summed E-state index contributed by atoms with van der Waals surface area (Å²) < 4.78 is 1.96. The van der Waals surface area contributed by atoms with E-state index in [-0.39, 0.29) is 11.7 Å². The molecule has 0 aliphatic carbocycles. The number of aromatic carboxylic acids is 1. The van der Waals surface area contributed by atoms with Crippen molar-refractivity contribution in [2.24, 2.45) is 5.73 Å². The monoisotopic (exact) mass is 271 g/mol. The number of hydrogen-bond donors (Lipinski definition) is 2. The molecule has 3 rings (SSSR count). The van der Waals surface area contributed by atoms with Gasteiger partial charge in [0.1, 0.15) is 5.82 Å². The lowest BCUT2D eigenvalue weighted by Gasteiger charge is -2.22. The van der Waals surface area contributed by atoms with Crippen molar-refractivity contribution >= 4 is 5.97 Å². The van der Waals surface area contributed by atoms with Crippen LogP contribution in [0.2, 0.25) is 0 Å². The largest absolute Gasteiger partial charge is 0.476 e. The molecule has 0 saturated heterocycles. The van der Waals surface area contributed by atoms with Crippen LogP contribution in [-0.4, -0.2) is 20.6 Å². The number of benzene rings is 1. The Balaban J connectivity index is 2.19. The highest BCUT2D eigenvalue weighted by Gasteiger charge is 2.29. The van der Waals surface area contributed by atoms with Crippen molar-refractivity contribution in [1.29, 1.82) is 0 Å². The zero-order valence-corrected chi connectivity index (χ0v) is 11.3. The lowest BCUT2D eigenvalue weighted by molar-refractivity contribution is 0.0688. The van der Waals surface area contributed by atoms with E-state index in [0.29, 0.717) is 11.5 Å². The first-order chi connectivity index (χ1) is 9.58. The highest BCUT2D eigenvalue weighted by atomic mass is 16.4. The molecule has 1 aliphatic heterocycles. The van der Waals surface area contributed by atoms with Crippen molar-refractivity contribution in [2.75, 3.05) is 0 Å². The fourth-order valence-corrected chi connectivity index (χ4v) is 2.75. The van der Waals surface area contributed by atoms with Crippen molar-refractivity contribution in [3.8, 4) is 11.4 Å². The van der Waals surface area contributed by atoms with Crippen LogP contribution in [-0.2, 0) is 6.54 Å². The third-order valence-corrected chi connectivity index (χ3v) is 3.77. The van der Waals surface area contributed by atoms with Crippen LogP contribution >= 0.6 is 0 Å². The molecule has 1 unspecified atom stereocenters. The number of rotatable bonds is 2. The molecule has 5 nitrogen and oxygen atoms in total. The summed E-state index contributed by atoms with van der Waals surface area (Å²) in [6.45, 7) is 2.79. The smallest absolute Gasteiger partial charge is 0.356 e. The highest BCUT2D eigenvalue weighted by molar-refractivity contribution is 5.88.